The van der Waals surface area contributed by atoms with Crippen molar-refractivity contribution in [2.24, 2.45) is 11.3 Å². The topological polar surface area (TPSA) is 66.4 Å². The molecule has 0 aromatic carbocycles. The van der Waals surface area contributed by atoms with Gasteiger partial charge in [-0.15, -0.1) is 0 Å². The summed E-state index contributed by atoms with van der Waals surface area (Å²) in [6.07, 6.45) is 9.08. The van der Waals surface area contributed by atoms with Crippen LogP contribution in [0, 0.1) is 11.3 Å². The maximum absolute atomic E-state index is 12.3. The fourth-order valence-corrected chi connectivity index (χ4v) is 3.97. The molecule has 2 aliphatic rings. The van der Waals surface area contributed by atoms with E-state index >= 15 is 0 Å². The molecule has 0 saturated heterocycles. The van der Waals surface area contributed by atoms with E-state index in [2.05, 4.69) is 12.2 Å². The fraction of sp³-hybridized carbons (Fsp3) is 0.875. The minimum absolute atomic E-state index is 0.0559. The minimum Gasteiger partial charge on any atom is -0.481 e. The number of carbonyl (C=O) groups excluding carboxylic acids is 1. The first-order valence-corrected chi connectivity index (χ1v) is 8.10. The largest absolute Gasteiger partial charge is 0.481 e. The molecular formula is C16H27NO3. The Morgan fingerprint density at radius 2 is 1.80 bits per heavy atom. The first kappa shape index (κ1) is 15.3. The van der Waals surface area contributed by atoms with Crippen LogP contribution in [0.1, 0.15) is 71.1 Å². The molecule has 0 spiro atoms. The number of nitrogens with one attached hydrogen (secondary N) is 1. The van der Waals surface area contributed by atoms with E-state index in [1.807, 2.05) is 0 Å². The highest BCUT2D eigenvalue weighted by Gasteiger charge is 2.43. The highest BCUT2D eigenvalue weighted by atomic mass is 16.4. The Morgan fingerprint density at radius 3 is 2.40 bits per heavy atom. The summed E-state index contributed by atoms with van der Waals surface area (Å²) in [7, 11) is 0. The van der Waals surface area contributed by atoms with Crippen molar-refractivity contribution < 1.29 is 14.7 Å². The molecule has 2 N–H and O–H groups in total. The Balaban J connectivity index is 1.92. The van der Waals surface area contributed by atoms with E-state index in [0.29, 0.717) is 18.8 Å². The summed E-state index contributed by atoms with van der Waals surface area (Å²) in [5, 5.41) is 12.6. The molecule has 0 bridgehead atoms. The number of aliphatic carboxylic acids is 1. The molecule has 20 heavy (non-hydrogen) atoms. The van der Waals surface area contributed by atoms with Gasteiger partial charge >= 0.3 is 5.97 Å². The molecule has 0 aromatic rings. The van der Waals surface area contributed by atoms with Crippen molar-refractivity contribution in [3.8, 4) is 0 Å². The third-order valence-corrected chi connectivity index (χ3v) is 5.29. The maximum Gasteiger partial charge on any atom is 0.310 e. The lowest BCUT2D eigenvalue weighted by Crippen LogP contribution is -2.44. The summed E-state index contributed by atoms with van der Waals surface area (Å²) in [6.45, 7) is 2.17. The van der Waals surface area contributed by atoms with Crippen molar-refractivity contribution in [3.05, 3.63) is 0 Å². The maximum atomic E-state index is 12.3. The van der Waals surface area contributed by atoms with Crippen LogP contribution in [0.4, 0.5) is 0 Å². The lowest BCUT2D eigenvalue weighted by molar-refractivity contribution is -0.151. The van der Waals surface area contributed by atoms with Crippen molar-refractivity contribution in [2.75, 3.05) is 0 Å². The quantitative estimate of drug-likeness (QED) is 0.813. The molecule has 2 fully saturated rings. The lowest BCUT2D eigenvalue weighted by atomic mass is 9.80. The van der Waals surface area contributed by atoms with Gasteiger partial charge in [-0.05, 0) is 31.6 Å². The zero-order valence-corrected chi connectivity index (χ0v) is 12.5. The Bertz CT molecular complexity index is 361. The third kappa shape index (κ3) is 3.33. The molecule has 1 amide bonds. The van der Waals surface area contributed by atoms with E-state index in [0.717, 1.165) is 25.7 Å². The van der Waals surface area contributed by atoms with Gasteiger partial charge in [-0.1, -0.05) is 39.0 Å². The van der Waals surface area contributed by atoms with Gasteiger partial charge in [0, 0.05) is 12.5 Å². The Hall–Kier alpha value is -1.06. The molecule has 0 heterocycles. The van der Waals surface area contributed by atoms with Gasteiger partial charge in [0.2, 0.25) is 5.91 Å². The molecule has 2 aliphatic carbocycles. The number of carboxylic acid groups (broad SMARTS) is 1. The van der Waals surface area contributed by atoms with Crippen LogP contribution in [0.25, 0.3) is 0 Å². The fourth-order valence-electron chi connectivity index (χ4n) is 3.97. The van der Waals surface area contributed by atoms with Crippen LogP contribution >= 0.6 is 0 Å². The predicted molar refractivity (Wildman–Crippen MR) is 77.3 cm³/mol. The second-order valence-corrected chi connectivity index (χ2v) is 6.60. The third-order valence-electron chi connectivity index (χ3n) is 5.29. The Kier molecular flexibility index (Phi) is 5.06. The SMILES string of the molecule is CCC1CCCCC1NC(=O)CC1(C(=O)O)CCCC1. The highest BCUT2D eigenvalue weighted by molar-refractivity contribution is 5.85. The van der Waals surface area contributed by atoms with E-state index in [1.165, 1.54) is 19.3 Å². The summed E-state index contributed by atoms with van der Waals surface area (Å²) in [5.74, 6) is -0.280. The smallest absolute Gasteiger partial charge is 0.310 e. The number of carboxylic acids is 1. The van der Waals surface area contributed by atoms with Gasteiger partial charge < -0.3 is 10.4 Å². The Labute approximate surface area is 121 Å². The van der Waals surface area contributed by atoms with Crippen LogP contribution in [0.3, 0.4) is 0 Å². The molecule has 0 radical (unpaired) electrons. The summed E-state index contributed by atoms with van der Waals surface area (Å²) in [4.78, 5) is 23.8. The standard InChI is InChI=1S/C16H27NO3/c1-2-12-7-3-4-8-13(12)17-14(18)11-16(15(19)20)9-5-6-10-16/h12-13H,2-11H2,1H3,(H,17,18)(H,19,20). The van der Waals surface area contributed by atoms with Gasteiger partial charge in [0.15, 0.2) is 0 Å². The predicted octanol–water partition coefficient (Wildman–Crippen LogP) is 3.11. The van der Waals surface area contributed by atoms with Crippen molar-refractivity contribution in [3.63, 3.8) is 0 Å². The minimum atomic E-state index is -0.791. The molecule has 2 saturated carbocycles. The molecule has 114 valence electrons. The number of hydrogen-bond donors (Lipinski definition) is 2. The van der Waals surface area contributed by atoms with Crippen LogP contribution in [-0.4, -0.2) is 23.0 Å². The normalized spacial score (nSPS) is 29.1. The van der Waals surface area contributed by atoms with Crippen LogP contribution < -0.4 is 5.32 Å². The van der Waals surface area contributed by atoms with Crippen molar-refractivity contribution >= 4 is 11.9 Å². The van der Waals surface area contributed by atoms with Gasteiger partial charge in [0.1, 0.15) is 0 Å². The van der Waals surface area contributed by atoms with Crippen LogP contribution in [0.2, 0.25) is 0 Å². The number of amides is 1. The van der Waals surface area contributed by atoms with Crippen LogP contribution in [-0.2, 0) is 9.59 Å². The Morgan fingerprint density at radius 1 is 1.15 bits per heavy atom. The first-order chi connectivity index (χ1) is 9.57. The second-order valence-electron chi connectivity index (χ2n) is 6.60. The summed E-state index contributed by atoms with van der Waals surface area (Å²) in [6, 6.07) is 0.258. The average molecular weight is 281 g/mol. The molecule has 2 atom stereocenters. The first-order valence-electron chi connectivity index (χ1n) is 8.10. The van der Waals surface area contributed by atoms with Gasteiger partial charge in [-0.2, -0.15) is 0 Å². The van der Waals surface area contributed by atoms with Gasteiger partial charge in [-0.25, -0.2) is 0 Å². The zero-order chi connectivity index (χ0) is 14.6. The van der Waals surface area contributed by atoms with Crippen LogP contribution in [0.15, 0.2) is 0 Å². The molecule has 0 aromatic heterocycles. The van der Waals surface area contributed by atoms with Gasteiger partial charge in [-0.3, -0.25) is 9.59 Å². The van der Waals surface area contributed by atoms with E-state index in [4.69, 9.17) is 0 Å². The van der Waals surface area contributed by atoms with Crippen LogP contribution in [0.5, 0.6) is 0 Å². The molecule has 0 aliphatic heterocycles. The summed E-state index contributed by atoms with van der Waals surface area (Å²) < 4.78 is 0. The van der Waals surface area contributed by atoms with E-state index < -0.39 is 11.4 Å². The summed E-state index contributed by atoms with van der Waals surface area (Å²) in [5.41, 5.74) is -0.791. The summed E-state index contributed by atoms with van der Waals surface area (Å²) >= 11 is 0. The van der Waals surface area contributed by atoms with E-state index in [9.17, 15) is 14.7 Å². The van der Waals surface area contributed by atoms with Gasteiger partial charge in [0.05, 0.1) is 5.41 Å². The van der Waals surface area contributed by atoms with E-state index in [1.54, 1.807) is 0 Å². The lowest BCUT2D eigenvalue weighted by Gasteiger charge is -2.32. The zero-order valence-electron chi connectivity index (χ0n) is 12.5. The molecule has 2 rings (SSSR count). The average Bonchev–Trinajstić information content (AvgIpc) is 2.89. The highest BCUT2D eigenvalue weighted by Crippen LogP contribution is 2.41. The molecule has 4 nitrogen and oxygen atoms in total. The van der Waals surface area contributed by atoms with Crippen molar-refractivity contribution in [2.45, 2.75) is 77.2 Å². The van der Waals surface area contributed by atoms with Crippen molar-refractivity contribution in [1.82, 2.24) is 5.32 Å². The molecule has 2 unspecified atom stereocenters. The van der Waals surface area contributed by atoms with E-state index in [-0.39, 0.29) is 18.4 Å². The molecule has 4 heteroatoms. The number of rotatable bonds is 5. The van der Waals surface area contributed by atoms with Gasteiger partial charge in [0.25, 0.3) is 0 Å². The van der Waals surface area contributed by atoms with Crippen molar-refractivity contribution in [1.29, 1.82) is 0 Å². The molecular weight excluding hydrogens is 254 g/mol. The second kappa shape index (κ2) is 6.59. The number of carbonyl (C=O) groups is 2. The monoisotopic (exact) mass is 281 g/mol. The number of hydrogen-bond acceptors (Lipinski definition) is 2.